The summed E-state index contributed by atoms with van der Waals surface area (Å²) in [6, 6.07) is 14.0. The van der Waals surface area contributed by atoms with Crippen molar-refractivity contribution in [1.82, 2.24) is 20.2 Å². The first-order chi connectivity index (χ1) is 11.2. The van der Waals surface area contributed by atoms with Gasteiger partial charge >= 0.3 is 0 Å². The molecule has 0 aliphatic carbocycles. The molecule has 5 nitrogen and oxygen atoms in total. The smallest absolute Gasteiger partial charge is 0.243 e. The number of aromatic nitrogens is 4. The SMILES string of the molecule is Fc1ccccc1[C@H]1C[C@@H](c2ccc(Cl)cc2)Nc2nnnn21. The summed E-state index contributed by atoms with van der Waals surface area (Å²) in [6.07, 6.45) is 0.639. The summed E-state index contributed by atoms with van der Waals surface area (Å²) in [6.45, 7) is 0. The third kappa shape index (κ3) is 2.55. The van der Waals surface area contributed by atoms with E-state index in [0.717, 1.165) is 5.56 Å². The molecule has 0 unspecified atom stereocenters. The van der Waals surface area contributed by atoms with Crippen LogP contribution in [0.2, 0.25) is 5.02 Å². The predicted molar refractivity (Wildman–Crippen MR) is 84.8 cm³/mol. The van der Waals surface area contributed by atoms with Crippen LogP contribution in [0.4, 0.5) is 10.3 Å². The molecule has 0 amide bonds. The quantitative estimate of drug-likeness (QED) is 0.780. The van der Waals surface area contributed by atoms with E-state index in [-0.39, 0.29) is 17.9 Å². The summed E-state index contributed by atoms with van der Waals surface area (Å²) in [4.78, 5) is 0. The van der Waals surface area contributed by atoms with Crippen LogP contribution in [0, 0.1) is 5.82 Å². The van der Waals surface area contributed by atoms with Crippen LogP contribution >= 0.6 is 11.6 Å². The number of rotatable bonds is 2. The maximum absolute atomic E-state index is 14.2. The lowest BCUT2D eigenvalue weighted by atomic mass is 9.93. The van der Waals surface area contributed by atoms with Crippen LogP contribution < -0.4 is 5.32 Å². The van der Waals surface area contributed by atoms with E-state index < -0.39 is 0 Å². The highest BCUT2D eigenvalue weighted by atomic mass is 35.5. The molecule has 2 heterocycles. The lowest BCUT2D eigenvalue weighted by Crippen LogP contribution is -2.28. The molecule has 0 spiro atoms. The standard InChI is InChI=1S/C16H13ClFN5/c17-11-7-5-10(6-8-11)14-9-15(12-3-1-2-4-13(12)18)23-16(19-14)20-21-22-23/h1-8,14-15H,9H2,(H,19,20,22)/t14-,15+/m0/s1. The maximum atomic E-state index is 14.2. The van der Waals surface area contributed by atoms with E-state index in [2.05, 4.69) is 20.8 Å². The van der Waals surface area contributed by atoms with Crippen molar-refractivity contribution in [2.45, 2.75) is 18.5 Å². The van der Waals surface area contributed by atoms with Gasteiger partial charge in [0.2, 0.25) is 5.95 Å². The minimum Gasteiger partial charge on any atom is -0.346 e. The van der Waals surface area contributed by atoms with Crippen LogP contribution in [-0.4, -0.2) is 20.2 Å². The fraction of sp³-hybridized carbons (Fsp3) is 0.188. The molecule has 1 N–H and O–H groups in total. The van der Waals surface area contributed by atoms with Gasteiger partial charge in [-0.3, -0.25) is 0 Å². The van der Waals surface area contributed by atoms with Gasteiger partial charge in [-0.25, -0.2) is 9.07 Å². The molecule has 4 rings (SSSR count). The van der Waals surface area contributed by atoms with Crippen LogP contribution in [0.5, 0.6) is 0 Å². The first kappa shape index (κ1) is 14.1. The van der Waals surface area contributed by atoms with Crippen molar-refractivity contribution in [3.05, 3.63) is 70.5 Å². The molecular formula is C16H13ClFN5. The minimum absolute atomic E-state index is 0.0182. The molecule has 1 aromatic heterocycles. The summed E-state index contributed by atoms with van der Waals surface area (Å²) < 4.78 is 15.9. The van der Waals surface area contributed by atoms with Crippen LogP contribution in [0.3, 0.4) is 0 Å². The molecular weight excluding hydrogens is 317 g/mol. The Labute approximate surface area is 137 Å². The van der Waals surface area contributed by atoms with Crippen molar-refractivity contribution in [2.75, 3.05) is 5.32 Å². The molecule has 0 radical (unpaired) electrons. The lowest BCUT2D eigenvalue weighted by Gasteiger charge is -2.31. The van der Waals surface area contributed by atoms with Crippen molar-refractivity contribution in [1.29, 1.82) is 0 Å². The number of nitrogens with zero attached hydrogens (tertiary/aromatic N) is 4. The lowest BCUT2D eigenvalue weighted by molar-refractivity contribution is 0.409. The van der Waals surface area contributed by atoms with Crippen molar-refractivity contribution >= 4 is 17.5 Å². The van der Waals surface area contributed by atoms with Gasteiger partial charge in [-0.2, -0.15) is 0 Å². The number of nitrogens with one attached hydrogen (secondary N) is 1. The summed E-state index contributed by atoms with van der Waals surface area (Å²) in [5.41, 5.74) is 1.64. The Morgan fingerprint density at radius 1 is 1.13 bits per heavy atom. The van der Waals surface area contributed by atoms with Gasteiger partial charge in [0.25, 0.3) is 0 Å². The molecule has 1 aliphatic heterocycles. The summed E-state index contributed by atoms with van der Waals surface area (Å²) in [5.74, 6) is 0.278. The number of benzene rings is 2. The highest BCUT2D eigenvalue weighted by Crippen LogP contribution is 2.37. The number of halogens is 2. The Kier molecular flexibility index (Phi) is 3.46. The zero-order valence-corrected chi connectivity index (χ0v) is 12.8. The Bertz CT molecular complexity index is 832. The largest absolute Gasteiger partial charge is 0.346 e. The average molecular weight is 330 g/mol. The molecule has 23 heavy (non-hydrogen) atoms. The Morgan fingerprint density at radius 2 is 1.91 bits per heavy atom. The third-order valence-corrected chi connectivity index (χ3v) is 4.34. The molecule has 116 valence electrons. The van der Waals surface area contributed by atoms with Crippen LogP contribution in [-0.2, 0) is 0 Å². The van der Waals surface area contributed by atoms with E-state index in [9.17, 15) is 4.39 Å². The van der Waals surface area contributed by atoms with Crippen LogP contribution in [0.15, 0.2) is 48.5 Å². The van der Waals surface area contributed by atoms with Gasteiger partial charge in [0.1, 0.15) is 5.82 Å². The van der Waals surface area contributed by atoms with Gasteiger partial charge in [-0.05, 0) is 40.6 Å². The molecule has 7 heteroatoms. The van der Waals surface area contributed by atoms with E-state index in [1.807, 2.05) is 30.3 Å². The number of tetrazole rings is 1. The molecule has 1 aliphatic rings. The number of hydrogen-bond donors (Lipinski definition) is 1. The number of anilines is 1. The van der Waals surface area contributed by atoms with E-state index in [4.69, 9.17) is 11.6 Å². The second-order valence-corrected chi connectivity index (χ2v) is 5.90. The summed E-state index contributed by atoms with van der Waals surface area (Å²) in [5, 5.41) is 15.7. The zero-order chi connectivity index (χ0) is 15.8. The molecule has 0 saturated carbocycles. The Hall–Kier alpha value is -2.47. The van der Waals surface area contributed by atoms with Crippen molar-refractivity contribution in [3.8, 4) is 0 Å². The molecule has 2 aromatic carbocycles. The van der Waals surface area contributed by atoms with Crippen molar-refractivity contribution < 1.29 is 4.39 Å². The Balaban J connectivity index is 1.75. The summed E-state index contributed by atoms with van der Waals surface area (Å²) >= 11 is 5.95. The monoisotopic (exact) mass is 329 g/mol. The van der Waals surface area contributed by atoms with Crippen LogP contribution in [0.25, 0.3) is 0 Å². The van der Waals surface area contributed by atoms with E-state index >= 15 is 0 Å². The normalized spacial score (nSPS) is 19.9. The predicted octanol–water partition coefficient (Wildman–Crippen LogP) is 3.61. The molecule has 0 bridgehead atoms. The highest BCUT2D eigenvalue weighted by molar-refractivity contribution is 6.30. The molecule has 3 aromatic rings. The second kappa shape index (κ2) is 5.62. The van der Waals surface area contributed by atoms with E-state index in [1.54, 1.807) is 16.8 Å². The fourth-order valence-corrected chi connectivity index (χ4v) is 3.08. The second-order valence-electron chi connectivity index (χ2n) is 5.47. The maximum Gasteiger partial charge on any atom is 0.243 e. The first-order valence-corrected chi connectivity index (χ1v) is 7.64. The summed E-state index contributed by atoms with van der Waals surface area (Å²) in [7, 11) is 0. The van der Waals surface area contributed by atoms with Crippen molar-refractivity contribution in [2.24, 2.45) is 0 Å². The molecule has 0 saturated heterocycles. The van der Waals surface area contributed by atoms with Crippen molar-refractivity contribution in [3.63, 3.8) is 0 Å². The number of hydrogen-bond acceptors (Lipinski definition) is 4. The average Bonchev–Trinajstić information content (AvgIpc) is 3.04. The Morgan fingerprint density at radius 3 is 2.70 bits per heavy atom. The van der Waals surface area contributed by atoms with Gasteiger partial charge in [0.15, 0.2) is 0 Å². The van der Waals surface area contributed by atoms with E-state index in [1.165, 1.54) is 6.07 Å². The zero-order valence-electron chi connectivity index (χ0n) is 12.0. The third-order valence-electron chi connectivity index (χ3n) is 4.09. The van der Waals surface area contributed by atoms with Gasteiger partial charge in [-0.1, -0.05) is 47.0 Å². The van der Waals surface area contributed by atoms with Gasteiger partial charge in [0, 0.05) is 10.6 Å². The fourth-order valence-electron chi connectivity index (χ4n) is 2.96. The highest BCUT2D eigenvalue weighted by Gasteiger charge is 2.31. The van der Waals surface area contributed by atoms with E-state index in [0.29, 0.717) is 23.0 Å². The first-order valence-electron chi connectivity index (χ1n) is 7.26. The molecule has 0 fully saturated rings. The minimum atomic E-state index is -0.261. The van der Waals surface area contributed by atoms with Crippen LogP contribution in [0.1, 0.15) is 29.6 Å². The van der Waals surface area contributed by atoms with Gasteiger partial charge < -0.3 is 5.32 Å². The van der Waals surface area contributed by atoms with Gasteiger partial charge in [-0.15, -0.1) is 0 Å². The topological polar surface area (TPSA) is 55.6 Å². The number of fused-ring (bicyclic) bond motifs is 1. The molecule has 2 atom stereocenters. The van der Waals surface area contributed by atoms with Gasteiger partial charge in [0.05, 0.1) is 12.1 Å².